The van der Waals surface area contributed by atoms with Crippen molar-refractivity contribution >= 4 is 47.4 Å². The fraction of sp³-hybridized carbons (Fsp3) is 0.286. The van der Waals surface area contributed by atoms with Crippen molar-refractivity contribution < 1.29 is 39.0 Å². The number of nitrogens with zero attached hydrogens (tertiary/aromatic N) is 1. The quantitative estimate of drug-likeness (QED) is 0.0825. The van der Waals surface area contributed by atoms with Gasteiger partial charge in [-0.15, -0.1) is 0 Å². The summed E-state index contributed by atoms with van der Waals surface area (Å²) >= 11 is 6.03. The first-order valence-corrected chi connectivity index (χ1v) is 18.8. The average Bonchev–Trinajstić information content (AvgIpc) is 3.20. The topological polar surface area (TPSA) is 220 Å². The van der Waals surface area contributed by atoms with Crippen LogP contribution in [0.3, 0.4) is 0 Å². The van der Waals surface area contributed by atoms with Crippen LogP contribution in [0.25, 0.3) is 22.3 Å². The van der Waals surface area contributed by atoms with Gasteiger partial charge in [0.1, 0.15) is 42.0 Å². The van der Waals surface area contributed by atoms with Crippen molar-refractivity contribution in [1.29, 1.82) is 0 Å². The van der Waals surface area contributed by atoms with Gasteiger partial charge in [0.25, 0.3) is 5.91 Å². The normalized spacial score (nSPS) is 17.2. The van der Waals surface area contributed by atoms with E-state index >= 15 is 0 Å². The highest BCUT2D eigenvalue weighted by Crippen LogP contribution is 2.39. The van der Waals surface area contributed by atoms with Crippen LogP contribution in [0.5, 0.6) is 11.5 Å². The highest BCUT2D eigenvalue weighted by Gasteiger charge is 2.36. The number of carbonyl (C=O) groups is 6. The number of hydrogen-bond donors (Lipinski definition) is 7. The molecule has 0 aliphatic carbocycles. The first-order chi connectivity index (χ1) is 27.3. The highest BCUT2D eigenvalue weighted by atomic mass is 35.5. The zero-order valence-corrected chi connectivity index (χ0v) is 32.2. The van der Waals surface area contributed by atoms with E-state index in [-0.39, 0.29) is 47.6 Å². The first kappa shape index (κ1) is 41.9. The average molecular weight is 797 g/mol. The lowest BCUT2D eigenvalue weighted by Gasteiger charge is -2.32. The van der Waals surface area contributed by atoms with Crippen LogP contribution in [0.4, 0.5) is 0 Å². The molecule has 0 unspecified atom stereocenters. The molecule has 4 bridgehead atoms. The minimum atomic E-state index is -1.42. The maximum atomic E-state index is 14.5. The smallest absolute Gasteiger partial charge is 0.251 e. The molecule has 1 aliphatic heterocycles. The number of benzene rings is 4. The Morgan fingerprint density at radius 3 is 2.18 bits per heavy atom. The van der Waals surface area contributed by atoms with Crippen molar-refractivity contribution in [3.8, 4) is 33.8 Å². The molecule has 4 atom stereocenters. The largest absolute Gasteiger partial charge is 0.507 e. The van der Waals surface area contributed by atoms with Crippen LogP contribution in [0, 0.1) is 0 Å². The number of phenolic OH excluding ortho intramolecular Hbond substituents is 2. The Hall–Kier alpha value is -6.25. The second-order valence-electron chi connectivity index (χ2n) is 13.8. The van der Waals surface area contributed by atoms with Gasteiger partial charge < -0.3 is 46.9 Å². The van der Waals surface area contributed by atoms with E-state index in [1.165, 1.54) is 44.3 Å². The molecule has 298 valence electrons. The summed E-state index contributed by atoms with van der Waals surface area (Å²) < 4.78 is 0. The van der Waals surface area contributed by atoms with Crippen LogP contribution < -0.4 is 27.0 Å². The molecular formula is C42H45ClN6O8. The number of phenols is 2. The Labute approximate surface area is 334 Å². The van der Waals surface area contributed by atoms with E-state index in [1.807, 2.05) is 12.1 Å². The van der Waals surface area contributed by atoms with E-state index < -0.39 is 53.7 Å². The molecule has 57 heavy (non-hydrogen) atoms. The zero-order chi connectivity index (χ0) is 41.2. The van der Waals surface area contributed by atoms with E-state index in [1.54, 1.807) is 42.5 Å². The SMILES string of the molecule is C[C@@H]1NC(=O)[C@@H](N(C)C(=O)[C@H](CCCCN)NC(=O)c2ccc(-c3ccc(Cl)cc3)cc2)c2ccc(O)c(c2)-c2cc(ccc2O)C[C@@H](C(=O)NCC=O)NC1=O. The van der Waals surface area contributed by atoms with Gasteiger partial charge in [-0.3, -0.25) is 24.0 Å². The summed E-state index contributed by atoms with van der Waals surface area (Å²) in [6, 6.07) is 17.8. The molecule has 0 aromatic heterocycles. The van der Waals surface area contributed by atoms with Crippen molar-refractivity contribution in [2.75, 3.05) is 20.1 Å². The molecule has 0 saturated heterocycles. The molecule has 0 fully saturated rings. The van der Waals surface area contributed by atoms with E-state index in [9.17, 15) is 39.0 Å². The minimum absolute atomic E-state index is 0.0611. The number of aromatic hydroxyl groups is 2. The maximum absolute atomic E-state index is 14.5. The molecule has 1 heterocycles. The van der Waals surface area contributed by atoms with E-state index in [0.29, 0.717) is 41.8 Å². The summed E-state index contributed by atoms with van der Waals surface area (Å²) in [6.07, 6.45) is 1.66. The molecule has 5 amide bonds. The fourth-order valence-corrected chi connectivity index (χ4v) is 6.73. The molecule has 15 heteroatoms. The zero-order valence-electron chi connectivity index (χ0n) is 31.5. The minimum Gasteiger partial charge on any atom is -0.507 e. The second-order valence-corrected chi connectivity index (χ2v) is 14.2. The van der Waals surface area contributed by atoms with Gasteiger partial charge in [-0.25, -0.2) is 0 Å². The van der Waals surface area contributed by atoms with Crippen LogP contribution in [0.2, 0.25) is 5.02 Å². The fourth-order valence-electron chi connectivity index (χ4n) is 6.60. The Bertz CT molecular complexity index is 2130. The van der Waals surface area contributed by atoms with Crippen LogP contribution in [0.1, 0.15) is 53.7 Å². The maximum Gasteiger partial charge on any atom is 0.251 e. The Balaban J connectivity index is 1.50. The molecular weight excluding hydrogens is 752 g/mol. The summed E-state index contributed by atoms with van der Waals surface area (Å²) in [4.78, 5) is 81.0. The van der Waals surface area contributed by atoms with Gasteiger partial charge in [0, 0.05) is 35.2 Å². The first-order valence-electron chi connectivity index (χ1n) is 18.4. The van der Waals surface area contributed by atoms with Gasteiger partial charge in [0.15, 0.2) is 0 Å². The van der Waals surface area contributed by atoms with Gasteiger partial charge in [-0.2, -0.15) is 0 Å². The van der Waals surface area contributed by atoms with Crippen LogP contribution in [-0.4, -0.2) is 89.2 Å². The van der Waals surface area contributed by atoms with Crippen LogP contribution in [-0.2, 0) is 30.4 Å². The standard InChI is InChI=1S/C42H45ClN6O8/c1-24-38(53)48-34(40(55)45-19-20-50)22-25-6-16-35(51)31(21-25)32-23-29(13-17-36(32)52)37(41(56)46-24)49(2)42(57)33(5-3-4-18-44)47-39(54)28-9-7-26(8-10-28)27-11-14-30(43)15-12-27/h6-17,20-21,23-24,33-34,37,51-52H,3-5,18-19,22,44H2,1-2H3,(H,45,55)(H,46,56)(H,47,54)(H,48,53)/t24-,33-,34-,37-/m0/s1. The Morgan fingerprint density at radius 1 is 0.895 bits per heavy atom. The van der Waals surface area contributed by atoms with E-state index in [4.69, 9.17) is 17.3 Å². The number of nitrogens with one attached hydrogen (secondary N) is 4. The lowest BCUT2D eigenvalue weighted by Crippen LogP contribution is -2.56. The monoisotopic (exact) mass is 796 g/mol. The Morgan fingerprint density at radius 2 is 1.53 bits per heavy atom. The van der Waals surface area contributed by atoms with Crippen LogP contribution in [0.15, 0.2) is 84.9 Å². The summed E-state index contributed by atoms with van der Waals surface area (Å²) in [5, 5.41) is 33.1. The molecule has 0 spiro atoms. The third kappa shape index (κ3) is 10.3. The van der Waals surface area contributed by atoms with E-state index in [0.717, 1.165) is 16.0 Å². The number of hydrogen-bond acceptors (Lipinski definition) is 9. The predicted molar refractivity (Wildman–Crippen MR) is 214 cm³/mol. The van der Waals surface area contributed by atoms with Gasteiger partial charge in [0.05, 0.1) is 6.54 Å². The van der Waals surface area contributed by atoms with Crippen molar-refractivity contribution in [1.82, 2.24) is 26.2 Å². The van der Waals surface area contributed by atoms with Gasteiger partial charge in [-0.1, -0.05) is 48.0 Å². The third-order valence-corrected chi connectivity index (χ3v) is 9.98. The summed E-state index contributed by atoms with van der Waals surface area (Å²) in [5.74, 6) is -3.79. The number of nitrogens with two attached hydrogens (primary N) is 1. The molecule has 5 rings (SSSR count). The molecule has 4 aromatic rings. The third-order valence-electron chi connectivity index (χ3n) is 9.73. The number of aldehydes is 1. The predicted octanol–water partition coefficient (Wildman–Crippen LogP) is 3.37. The molecule has 1 aliphatic rings. The van der Waals surface area contributed by atoms with Crippen molar-refractivity contribution in [2.45, 2.75) is 56.8 Å². The molecule has 0 saturated carbocycles. The number of carbonyl (C=O) groups excluding carboxylic acids is 6. The van der Waals surface area contributed by atoms with E-state index in [2.05, 4.69) is 21.3 Å². The van der Waals surface area contributed by atoms with Gasteiger partial charge in [-0.05, 0) is 104 Å². The number of likely N-dealkylation sites (N-methyl/N-ethyl adjacent to an activating group) is 1. The molecule has 0 radical (unpaired) electrons. The van der Waals surface area contributed by atoms with Crippen molar-refractivity contribution in [3.05, 3.63) is 107 Å². The molecule has 4 aromatic carbocycles. The van der Waals surface area contributed by atoms with Gasteiger partial charge in [0.2, 0.25) is 23.6 Å². The lowest BCUT2D eigenvalue weighted by molar-refractivity contribution is -0.141. The number of rotatable bonds is 12. The highest BCUT2D eigenvalue weighted by molar-refractivity contribution is 6.30. The summed E-state index contributed by atoms with van der Waals surface area (Å²) in [7, 11) is 1.39. The molecule has 8 N–H and O–H groups in total. The van der Waals surface area contributed by atoms with Crippen molar-refractivity contribution in [2.24, 2.45) is 5.73 Å². The summed E-state index contributed by atoms with van der Waals surface area (Å²) in [5.41, 5.74) is 8.79. The van der Waals surface area contributed by atoms with Gasteiger partial charge >= 0.3 is 0 Å². The summed E-state index contributed by atoms with van der Waals surface area (Å²) in [6.45, 7) is 1.46. The number of amides is 5. The second kappa shape index (κ2) is 19.1. The lowest BCUT2D eigenvalue weighted by atomic mass is 9.93. The number of fused-ring (bicyclic) bond motifs is 5. The number of halogens is 1. The van der Waals surface area contributed by atoms with Crippen LogP contribution >= 0.6 is 11.6 Å². The number of unbranched alkanes of at least 4 members (excludes halogenated alkanes) is 1. The Kier molecular flexibility index (Phi) is 14.0. The molecule has 14 nitrogen and oxygen atoms in total. The van der Waals surface area contributed by atoms with Crippen molar-refractivity contribution in [3.63, 3.8) is 0 Å².